The average molecular weight is 402 g/mol. The number of carbonyl (C=O) groups excluding carboxylic acids is 1. The Morgan fingerprint density at radius 3 is 2.18 bits per heavy atom. The van der Waals surface area contributed by atoms with Crippen molar-refractivity contribution < 1.29 is 23.7 Å². The van der Waals surface area contributed by atoms with Gasteiger partial charge in [-0.1, -0.05) is 0 Å². The number of rotatable bonds is 5. The number of aromatic nitrogens is 2. The molecule has 0 amide bonds. The predicted octanol–water partition coefficient (Wildman–Crippen LogP) is 2.86. The number of hydrogen-bond donors (Lipinski definition) is 1. The van der Waals surface area contributed by atoms with E-state index >= 15 is 0 Å². The molecule has 0 spiro atoms. The summed E-state index contributed by atoms with van der Waals surface area (Å²) >= 11 is 5.38. The van der Waals surface area contributed by atoms with Crippen molar-refractivity contribution in [3.63, 3.8) is 0 Å². The predicted molar refractivity (Wildman–Crippen MR) is 106 cm³/mol. The maximum atomic E-state index is 13.1. The molecule has 0 aliphatic rings. The molecule has 0 aliphatic carbocycles. The second kappa shape index (κ2) is 7.73. The Balaban J connectivity index is 2.29. The summed E-state index contributed by atoms with van der Waals surface area (Å²) in [5.74, 6) is 0.675. The number of H-pyrrole nitrogens is 1. The summed E-state index contributed by atoms with van der Waals surface area (Å²) in [5, 5.41) is 0.356. The van der Waals surface area contributed by atoms with Crippen LogP contribution in [0.1, 0.15) is 10.4 Å². The van der Waals surface area contributed by atoms with E-state index in [2.05, 4.69) is 4.98 Å². The molecule has 0 aliphatic heterocycles. The summed E-state index contributed by atoms with van der Waals surface area (Å²) in [5.41, 5.74) is 0.830. The number of ether oxygens (including phenoxy) is 4. The molecule has 9 heteroatoms. The Labute approximate surface area is 165 Å². The standard InChI is InChI=1S/C19H18N2O6S/c1-24-14-8-11(9-15(25-2)16(14)26-3)21-17(22)12-6-5-10(18(23)27-4)7-13(12)20-19(21)28/h5-9H,1-4H3,(H,20,28). The summed E-state index contributed by atoms with van der Waals surface area (Å²) in [6, 6.07) is 7.84. The molecule has 3 rings (SSSR count). The minimum atomic E-state index is -0.505. The molecule has 0 bridgehead atoms. The number of benzene rings is 2. The quantitative estimate of drug-likeness (QED) is 0.518. The fraction of sp³-hybridized carbons (Fsp3) is 0.211. The fourth-order valence-corrected chi connectivity index (χ4v) is 3.19. The van der Waals surface area contributed by atoms with Crippen LogP contribution in [0.3, 0.4) is 0 Å². The molecule has 8 nitrogen and oxygen atoms in total. The van der Waals surface area contributed by atoms with Crippen LogP contribution in [0.5, 0.6) is 17.2 Å². The van der Waals surface area contributed by atoms with Gasteiger partial charge in [0.2, 0.25) is 5.75 Å². The number of nitrogens with zero attached hydrogens (tertiary/aromatic N) is 1. The Hall–Kier alpha value is -3.33. The smallest absolute Gasteiger partial charge is 0.337 e. The highest BCUT2D eigenvalue weighted by Gasteiger charge is 2.17. The van der Waals surface area contributed by atoms with Crippen molar-refractivity contribution in [3.8, 4) is 22.9 Å². The lowest BCUT2D eigenvalue weighted by Crippen LogP contribution is -2.21. The zero-order valence-electron chi connectivity index (χ0n) is 15.7. The zero-order chi connectivity index (χ0) is 20.4. The second-order valence-electron chi connectivity index (χ2n) is 5.71. The fourth-order valence-electron chi connectivity index (χ4n) is 2.89. The van der Waals surface area contributed by atoms with Gasteiger partial charge in [0.15, 0.2) is 16.3 Å². The monoisotopic (exact) mass is 402 g/mol. The highest BCUT2D eigenvalue weighted by Crippen LogP contribution is 2.39. The number of methoxy groups -OCH3 is 4. The van der Waals surface area contributed by atoms with Crippen LogP contribution < -0.4 is 19.8 Å². The number of esters is 1. The van der Waals surface area contributed by atoms with Crippen LogP contribution in [0.4, 0.5) is 0 Å². The first-order chi connectivity index (χ1) is 13.4. The number of hydrogen-bond acceptors (Lipinski definition) is 7. The van der Waals surface area contributed by atoms with Crippen molar-refractivity contribution in [1.29, 1.82) is 0 Å². The number of aromatic amines is 1. The molecule has 0 saturated carbocycles. The van der Waals surface area contributed by atoms with Crippen molar-refractivity contribution >= 4 is 29.1 Å². The van der Waals surface area contributed by atoms with Crippen molar-refractivity contribution in [2.75, 3.05) is 28.4 Å². The van der Waals surface area contributed by atoms with Gasteiger partial charge in [-0.05, 0) is 30.4 Å². The minimum absolute atomic E-state index is 0.147. The molecule has 0 saturated heterocycles. The molecule has 0 unspecified atom stereocenters. The van der Waals surface area contributed by atoms with Gasteiger partial charge in [-0.3, -0.25) is 9.36 Å². The molecule has 28 heavy (non-hydrogen) atoms. The van der Waals surface area contributed by atoms with Crippen LogP contribution in [0, 0.1) is 4.77 Å². The molecule has 2 aromatic carbocycles. The van der Waals surface area contributed by atoms with Gasteiger partial charge in [0, 0.05) is 12.1 Å². The Morgan fingerprint density at radius 1 is 1.00 bits per heavy atom. The van der Waals surface area contributed by atoms with E-state index in [4.69, 9.17) is 31.2 Å². The first-order valence-electron chi connectivity index (χ1n) is 8.13. The Morgan fingerprint density at radius 2 is 1.64 bits per heavy atom. The van der Waals surface area contributed by atoms with Crippen molar-refractivity contribution in [2.45, 2.75) is 0 Å². The SMILES string of the molecule is COC(=O)c1ccc2c(=O)n(-c3cc(OC)c(OC)c(OC)c3)c(=S)[nH]c2c1. The summed E-state index contributed by atoms with van der Waals surface area (Å²) in [7, 11) is 5.75. The van der Waals surface area contributed by atoms with E-state index in [-0.39, 0.29) is 10.3 Å². The third-order valence-electron chi connectivity index (χ3n) is 4.23. The van der Waals surface area contributed by atoms with E-state index < -0.39 is 5.97 Å². The lowest BCUT2D eigenvalue weighted by atomic mass is 10.1. The summed E-state index contributed by atoms with van der Waals surface area (Å²) in [6.07, 6.45) is 0. The second-order valence-corrected chi connectivity index (χ2v) is 6.09. The van der Waals surface area contributed by atoms with E-state index in [9.17, 15) is 9.59 Å². The van der Waals surface area contributed by atoms with Crippen LogP contribution in [0.2, 0.25) is 0 Å². The minimum Gasteiger partial charge on any atom is -0.493 e. The van der Waals surface area contributed by atoms with Crippen molar-refractivity contribution in [3.05, 3.63) is 51.0 Å². The van der Waals surface area contributed by atoms with Gasteiger partial charge in [-0.2, -0.15) is 0 Å². The summed E-state index contributed by atoms with van der Waals surface area (Å²) < 4.78 is 22.2. The van der Waals surface area contributed by atoms with E-state index in [1.807, 2.05) is 0 Å². The maximum absolute atomic E-state index is 13.1. The molecule has 0 radical (unpaired) electrons. The molecule has 0 atom stereocenters. The van der Waals surface area contributed by atoms with E-state index in [1.165, 1.54) is 45.1 Å². The Kier molecular flexibility index (Phi) is 5.36. The normalized spacial score (nSPS) is 10.6. The van der Waals surface area contributed by atoms with Crippen molar-refractivity contribution in [2.24, 2.45) is 0 Å². The van der Waals surface area contributed by atoms with Gasteiger partial charge in [0.25, 0.3) is 5.56 Å². The molecule has 146 valence electrons. The van der Waals surface area contributed by atoms with Crippen LogP contribution in [0.15, 0.2) is 35.1 Å². The van der Waals surface area contributed by atoms with Gasteiger partial charge in [-0.25, -0.2) is 4.79 Å². The third-order valence-corrected chi connectivity index (χ3v) is 4.51. The van der Waals surface area contributed by atoms with E-state index in [0.29, 0.717) is 39.4 Å². The molecule has 1 N–H and O–H groups in total. The van der Waals surface area contributed by atoms with Crippen molar-refractivity contribution in [1.82, 2.24) is 9.55 Å². The van der Waals surface area contributed by atoms with Gasteiger partial charge < -0.3 is 23.9 Å². The zero-order valence-corrected chi connectivity index (χ0v) is 16.5. The lowest BCUT2D eigenvalue weighted by molar-refractivity contribution is 0.0601. The molecule has 1 heterocycles. The van der Waals surface area contributed by atoms with Gasteiger partial charge in [0.05, 0.1) is 50.6 Å². The topological polar surface area (TPSA) is 91.8 Å². The first kappa shape index (κ1) is 19.4. The average Bonchev–Trinajstić information content (AvgIpc) is 2.71. The highest BCUT2D eigenvalue weighted by molar-refractivity contribution is 7.71. The third kappa shape index (κ3) is 3.20. The van der Waals surface area contributed by atoms with Crippen LogP contribution in [-0.4, -0.2) is 44.0 Å². The number of carbonyl (C=O) groups is 1. The maximum Gasteiger partial charge on any atom is 0.337 e. The van der Waals surface area contributed by atoms with Gasteiger partial charge in [0.1, 0.15) is 0 Å². The van der Waals surface area contributed by atoms with Crippen LogP contribution in [-0.2, 0) is 4.74 Å². The summed E-state index contributed by atoms with van der Waals surface area (Å²) in [6.45, 7) is 0. The molecule has 0 fully saturated rings. The van der Waals surface area contributed by atoms with Gasteiger partial charge in [-0.15, -0.1) is 0 Å². The van der Waals surface area contributed by atoms with Crippen LogP contribution in [0.25, 0.3) is 16.6 Å². The van der Waals surface area contributed by atoms with Crippen LogP contribution >= 0.6 is 12.2 Å². The Bertz CT molecular complexity index is 1160. The largest absolute Gasteiger partial charge is 0.493 e. The summed E-state index contributed by atoms with van der Waals surface area (Å²) in [4.78, 5) is 27.8. The van der Waals surface area contributed by atoms with Gasteiger partial charge >= 0.3 is 5.97 Å². The molecular formula is C19H18N2O6S. The lowest BCUT2D eigenvalue weighted by Gasteiger charge is -2.15. The number of fused-ring (bicyclic) bond motifs is 1. The number of nitrogens with one attached hydrogen (secondary N) is 1. The molecule has 3 aromatic rings. The van der Waals surface area contributed by atoms with E-state index in [1.54, 1.807) is 18.2 Å². The molecule has 1 aromatic heterocycles. The van der Waals surface area contributed by atoms with E-state index in [0.717, 1.165) is 0 Å². The first-order valence-corrected chi connectivity index (χ1v) is 8.53. The molecular weight excluding hydrogens is 384 g/mol. The highest BCUT2D eigenvalue weighted by atomic mass is 32.1.